The first-order valence-electron chi connectivity index (χ1n) is 10.8. The van der Waals surface area contributed by atoms with Crippen molar-refractivity contribution in [3.05, 3.63) is 29.6 Å². The Hall–Kier alpha value is -2.20. The number of rotatable bonds is 12. The Morgan fingerprint density at radius 2 is 1.94 bits per heavy atom. The highest BCUT2D eigenvalue weighted by molar-refractivity contribution is 7.89. The van der Waals surface area contributed by atoms with Gasteiger partial charge in [0.1, 0.15) is 6.04 Å². The van der Waals surface area contributed by atoms with E-state index in [-0.39, 0.29) is 17.4 Å². The maximum absolute atomic E-state index is 14.1. The first kappa shape index (κ1) is 22.0. The average Bonchev–Trinajstić information content (AvgIpc) is 3.62. The quantitative estimate of drug-likeness (QED) is 0.332. The molecule has 1 aliphatic heterocycles. The molecule has 31 heavy (non-hydrogen) atoms. The van der Waals surface area contributed by atoms with Crippen LogP contribution in [0.2, 0.25) is 0 Å². The van der Waals surface area contributed by atoms with Crippen molar-refractivity contribution in [2.75, 3.05) is 12.4 Å². The molecule has 3 N–H and O–H groups in total. The lowest BCUT2D eigenvalue weighted by Gasteiger charge is -2.19. The van der Waals surface area contributed by atoms with Crippen molar-refractivity contribution in [3.63, 3.8) is 0 Å². The normalized spacial score (nSPS) is 22.2. The lowest BCUT2D eigenvalue weighted by Crippen LogP contribution is -2.36. The molecule has 3 fully saturated rings. The Morgan fingerprint density at radius 3 is 2.58 bits per heavy atom. The van der Waals surface area contributed by atoms with Gasteiger partial charge in [0.2, 0.25) is 10.0 Å². The molecule has 170 valence electrons. The predicted molar refractivity (Wildman–Crippen MR) is 111 cm³/mol. The molecule has 1 aromatic carbocycles. The van der Waals surface area contributed by atoms with Gasteiger partial charge in [0.25, 0.3) is 5.91 Å². The molecular weight excluding hydrogens is 425 g/mol. The number of hydrogen-bond acceptors (Lipinski definition) is 5. The highest BCUT2D eigenvalue weighted by Crippen LogP contribution is 2.47. The summed E-state index contributed by atoms with van der Waals surface area (Å²) in [6.07, 6.45) is 5.73. The van der Waals surface area contributed by atoms with Gasteiger partial charge >= 0.3 is 6.03 Å². The third kappa shape index (κ3) is 5.74. The van der Waals surface area contributed by atoms with Crippen molar-refractivity contribution in [2.24, 2.45) is 5.92 Å². The van der Waals surface area contributed by atoms with Crippen molar-refractivity contribution >= 4 is 22.0 Å². The number of sulfonamides is 1. The van der Waals surface area contributed by atoms with Crippen LogP contribution in [0.5, 0.6) is 5.75 Å². The molecule has 8 nitrogen and oxygen atoms in total. The zero-order chi connectivity index (χ0) is 22.1. The standard InChI is InChI=1S/C21H28FN3O5S/c22-16-8-7-15(12-18(16)30-13-14-5-6-14)21(9-10-21)25-31(28,29)11-3-1-2-4-17-19(26)24-20(27)23-17/h7-8,12,14,17,25H,1-6,9-11,13H2,(H2,23,24,26,27). The molecular formula is C21H28FN3O5S. The topological polar surface area (TPSA) is 114 Å². The maximum atomic E-state index is 14.1. The summed E-state index contributed by atoms with van der Waals surface area (Å²) in [7, 11) is -3.52. The van der Waals surface area contributed by atoms with Crippen molar-refractivity contribution in [3.8, 4) is 5.75 Å². The molecule has 2 saturated carbocycles. The molecule has 1 heterocycles. The number of carbonyl (C=O) groups is 2. The van der Waals surface area contributed by atoms with E-state index in [1.807, 2.05) is 0 Å². The number of carbonyl (C=O) groups excluding carboxylic acids is 2. The van der Waals surface area contributed by atoms with E-state index in [1.165, 1.54) is 6.07 Å². The van der Waals surface area contributed by atoms with Crippen LogP contribution in [0.1, 0.15) is 56.9 Å². The Kier molecular flexibility index (Phi) is 6.20. The minimum atomic E-state index is -3.52. The number of halogens is 1. The summed E-state index contributed by atoms with van der Waals surface area (Å²) >= 11 is 0. The fraction of sp³-hybridized carbons (Fsp3) is 0.619. The molecule has 0 bridgehead atoms. The van der Waals surface area contributed by atoms with Crippen LogP contribution in [0, 0.1) is 11.7 Å². The monoisotopic (exact) mass is 453 g/mol. The molecule has 0 radical (unpaired) electrons. The third-order valence-electron chi connectivity index (χ3n) is 6.02. The Labute approximate surface area is 181 Å². The van der Waals surface area contributed by atoms with Gasteiger partial charge in [-0.2, -0.15) is 0 Å². The molecule has 4 rings (SSSR count). The first-order valence-corrected chi connectivity index (χ1v) is 12.5. The summed E-state index contributed by atoms with van der Waals surface area (Å²) < 4.78 is 47.7. The first-order chi connectivity index (χ1) is 14.8. The summed E-state index contributed by atoms with van der Waals surface area (Å²) in [6.45, 7) is 0.491. The number of amides is 3. The van der Waals surface area contributed by atoms with Crippen LogP contribution < -0.4 is 20.1 Å². The number of imide groups is 1. The van der Waals surface area contributed by atoms with Gasteiger partial charge in [-0.3, -0.25) is 10.1 Å². The summed E-state index contributed by atoms with van der Waals surface area (Å²) in [5, 5.41) is 4.70. The molecule has 2 aliphatic carbocycles. The second-order valence-electron chi connectivity index (χ2n) is 8.77. The van der Waals surface area contributed by atoms with Gasteiger partial charge in [-0.05, 0) is 62.1 Å². The largest absolute Gasteiger partial charge is 0.490 e. The zero-order valence-corrected chi connectivity index (χ0v) is 18.1. The van der Waals surface area contributed by atoms with E-state index in [1.54, 1.807) is 12.1 Å². The lowest BCUT2D eigenvalue weighted by atomic mass is 10.1. The van der Waals surface area contributed by atoms with Gasteiger partial charge in [0.05, 0.1) is 17.9 Å². The van der Waals surface area contributed by atoms with Gasteiger partial charge in [0, 0.05) is 0 Å². The summed E-state index contributed by atoms with van der Waals surface area (Å²) in [5.74, 6) is -0.122. The van der Waals surface area contributed by atoms with Gasteiger partial charge in [0.15, 0.2) is 11.6 Å². The minimum Gasteiger partial charge on any atom is -0.490 e. The predicted octanol–water partition coefficient (Wildman–Crippen LogP) is 2.29. The van der Waals surface area contributed by atoms with E-state index in [0.717, 1.165) is 18.4 Å². The smallest absolute Gasteiger partial charge is 0.322 e. The van der Waals surface area contributed by atoms with Gasteiger partial charge in [-0.25, -0.2) is 22.3 Å². The Balaban J connectivity index is 1.26. The highest BCUT2D eigenvalue weighted by atomic mass is 32.2. The lowest BCUT2D eigenvalue weighted by molar-refractivity contribution is -0.120. The Morgan fingerprint density at radius 1 is 1.16 bits per heavy atom. The fourth-order valence-corrected chi connectivity index (χ4v) is 5.41. The molecule has 1 aromatic rings. The van der Waals surface area contributed by atoms with Crippen LogP contribution >= 0.6 is 0 Å². The summed E-state index contributed by atoms with van der Waals surface area (Å²) in [5.41, 5.74) is 0.0439. The maximum Gasteiger partial charge on any atom is 0.322 e. The third-order valence-corrected chi connectivity index (χ3v) is 7.55. The molecule has 0 spiro atoms. The van der Waals surface area contributed by atoms with Crippen molar-refractivity contribution in [1.82, 2.24) is 15.4 Å². The molecule has 1 unspecified atom stereocenters. The van der Waals surface area contributed by atoms with Crippen LogP contribution in [-0.2, 0) is 20.4 Å². The number of hydrogen-bond donors (Lipinski definition) is 3. The van der Waals surface area contributed by atoms with Gasteiger partial charge in [-0.1, -0.05) is 18.9 Å². The molecule has 1 saturated heterocycles. The number of unbranched alkanes of at least 4 members (excludes halogenated alkanes) is 2. The van der Waals surface area contributed by atoms with E-state index in [0.29, 0.717) is 51.0 Å². The fourth-order valence-electron chi connectivity index (χ4n) is 3.81. The van der Waals surface area contributed by atoms with Crippen molar-refractivity contribution in [2.45, 2.75) is 62.9 Å². The molecule has 3 aliphatic rings. The SMILES string of the molecule is O=C1NC(=O)C(CCCCCS(=O)(=O)NC2(c3ccc(F)c(OCC4CC4)c3)CC2)N1. The minimum absolute atomic E-state index is 0.0236. The van der Waals surface area contributed by atoms with Crippen molar-refractivity contribution < 1.29 is 27.1 Å². The molecule has 0 aromatic heterocycles. The van der Waals surface area contributed by atoms with Crippen LogP contribution in [0.25, 0.3) is 0 Å². The van der Waals surface area contributed by atoms with Gasteiger partial charge < -0.3 is 10.1 Å². The molecule has 10 heteroatoms. The highest BCUT2D eigenvalue weighted by Gasteiger charge is 2.47. The summed E-state index contributed by atoms with van der Waals surface area (Å²) in [6, 6.07) is 3.55. The number of ether oxygens (including phenoxy) is 1. The summed E-state index contributed by atoms with van der Waals surface area (Å²) in [4.78, 5) is 22.6. The van der Waals surface area contributed by atoms with Crippen LogP contribution in [0.4, 0.5) is 9.18 Å². The second kappa shape index (κ2) is 8.74. The number of benzene rings is 1. The van der Waals surface area contributed by atoms with E-state index in [2.05, 4.69) is 15.4 Å². The van der Waals surface area contributed by atoms with Crippen LogP contribution in [0.15, 0.2) is 18.2 Å². The van der Waals surface area contributed by atoms with E-state index in [4.69, 9.17) is 4.74 Å². The zero-order valence-electron chi connectivity index (χ0n) is 17.3. The van der Waals surface area contributed by atoms with Gasteiger partial charge in [-0.15, -0.1) is 0 Å². The number of nitrogens with one attached hydrogen (secondary N) is 3. The van der Waals surface area contributed by atoms with E-state index >= 15 is 0 Å². The second-order valence-corrected chi connectivity index (χ2v) is 10.6. The van der Waals surface area contributed by atoms with Crippen LogP contribution in [0.3, 0.4) is 0 Å². The average molecular weight is 454 g/mol. The van der Waals surface area contributed by atoms with E-state index in [9.17, 15) is 22.4 Å². The number of urea groups is 1. The van der Waals surface area contributed by atoms with E-state index < -0.39 is 33.5 Å². The van der Waals surface area contributed by atoms with Crippen LogP contribution in [-0.4, -0.2) is 38.8 Å². The molecule has 3 amide bonds. The Bertz CT molecular complexity index is 960. The molecule has 1 atom stereocenters. The van der Waals surface area contributed by atoms with Crippen molar-refractivity contribution in [1.29, 1.82) is 0 Å².